The highest BCUT2D eigenvalue weighted by atomic mass is 16.4. The van der Waals surface area contributed by atoms with Crippen LogP contribution in [0.1, 0.15) is 65.2 Å². The van der Waals surface area contributed by atoms with E-state index in [0.29, 0.717) is 6.04 Å². The molecule has 2 atom stereocenters. The van der Waals surface area contributed by atoms with Crippen molar-refractivity contribution in [3.8, 4) is 0 Å². The summed E-state index contributed by atoms with van der Waals surface area (Å²) in [6.45, 7) is 6.12. The molecule has 3 nitrogen and oxygen atoms in total. The average Bonchev–Trinajstić information content (AvgIpc) is 2.56. The molecule has 0 aliphatic heterocycles. The molecule has 18 heavy (non-hydrogen) atoms. The van der Waals surface area contributed by atoms with Crippen molar-refractivity contribution in [1.29, 1.82) is 0 Å². The molecule has 0 aromatic carbocycles. The van der Waals surface area contributed by atoms with Crippen molar-refractivity contribution in [2.45, 2.75) is 71.3 Å². The van der Waals surface area contributed by atoms with Crippen LogP contribution < -0.4 is 0 Å². The van der Waals surface area contributed by atoms with E-state index in [1.807, 2.05) is 0 Å². The molecule has 1 saturated carbocycles. The lowest BCUT2D eigenvalue weighted by molar-refractivity contribution is -0.137. The molecule has 106 valence electrons. The van der Waals surface area contributed by atoms with Crippen molar-refractivity contribution in [2.75, 3.05) is 13.1 Å². The van der Waals surface area contributed by atoms with Crippen LogP contribution in [-0.2, 0) is 4.79 Å². The van der Waals surface area contributed by atoms with Crippen LogP contribution in [0, 0.1) is 5.92 Å². The van der Waals surface area contributed by atoms with Gasteiger partial charge in [0.1, 0.15) is 0 Å². The van der Waals surface area contributed by atoms with Gasteiger partial charge in [-0.3, -0.25) is 4.79 Å². The molecule has 1 aliphatic carbocycles. The predicted octanol–water partition coefficient (Wildman–Crippen LogP) is 3.53. The molecule has 0 aromatic heterocycles. The van der Waals surface area contributed by atoms with Gasteiger partial charge in [-0.15, -0.1) is 0 Å². The van der Waals surface area contributed by atoms with Crippen LogP contribution in [-0.4, -0.2) is 35.1 Å². The fourth-order valence-electron chi connectivity index (χ4n) is 3.26. The van der Waals surface area contributed by atoms with Gasteiger partial charge in [0, 0.05) is 12.6 Å². The van der Waals surface area contributed by atoms with Crippen molar-refractivity contribution < 1.29 is 9.90 Å². The summed E-state index contributed by atoms with van der Waals surface area (Å²) >= 11 is 0. The van der Waals surface area contributed by atoms with Gasteiger partial charge in [0.25, 0.3) is 0 Å². The molecule has 2 unspecified atom stereocenters. The molecular weight excluding hydrogens is 226 g/mol. The lowest BCUT2D eigenvalue weighted by Crippen LogP contribution is -2.36. The van der Waals surface area contributed by atoms with Crippen LogP contribution in [0.3, 0.4) is 0 Å². The van der Waals surface area contributed by atoms with E-state index in [0.717, 1.165) is 19.0 Å². The SMILES string of the molecule is CCCC1CCCC(N(CC)CCC(=O)O)CC1. The highest BCUT2D eigenvalue weighted by molar-refractivity contribution is 5.66. The maximum Gasteiger partial charge on any atom is 0.304 e. The molecule has 0 heterocycles. The van der Waals surface area contributed by atoms with Gasteiger partial charge < -0.3 is 10.0 Å². The predicted molar refractivity (Wildman–Crippen MR) is 74.8 cm³/mol. The van der Waals surface area contributed by atoms with Crippen molar-refractivity contribution >= 4 is 5.97 Å². The van der Waals surface area contributed by atoms with Gasteiger partial charge in [-0.05, 0) is 31.7 Å². The van der Waals surface area contributed by atoms with Crippen LogP contribution in [0.15, 0.2) is 0 Å². The van der Waals surface area contributed by atoms with E-state index < -0.39 is 5.97 Å². The molecule has 0 bridgehead atoms. The summed E-state index contributed by atoms with van der Waals surface area (Å²) in [5.41, 5.74) is 0. The van der Waals surface area contributed by atoms with E-state index in [9.17, 15) is 4.79 Å². The van der Waals surface area contributed by atoms with E-state index in [1.165, 1.54) is 44.9 Å². The molecule has 0 radical (unpaired) electrons. The van der Waals surface area contributed by atoms with Crippen LogP contribution in [0.5, 0.6) is 0 Å². The second kappa shape index (κ2) is 8.52. The van der Waals surface area contributed by atoms with Crippen LogP contribution >= 0.6 is 0 Å². The van der Waals surface area contributed by atoms with Gasteiger partial charge in [-0.25, -0.2) is 0 Å². The Labute approximate surface area is 112 Å². The first-order valence-electron chi connectivity index (χ1n) is 7.63. The van der Waals surface area contributed by atoms with E-state index in [-0.39, 0.29) is 6.42 Å². The topological polar surface area (TPSA) is 40.5 Å². The van der Waals surface area contributed by atoms with E-state index in [4.69, 9.17) is 5.11 Å². The Morgan fingerprint density at radius 3 is 2.61 bits per heavy atom. The minimum Gasteiger partial charge on any atom is -0.481 e. The Kier molecular flexibility index (Phi) is 7.33. The zero-order chi connectivity index (χ0) is 13.4. The Morgan fingerprint density at radius 2 is 2.00 bits per heavy atom. The first-order valence-corrected chi connectivity index (χ1v) is 7.63. The van der Waals surface area contributed by atoms with Crippen molar-refractivity contribution in [1.82, 2.24) is 4.90 Å². The monoisotopic (exact) mass is 255 g/mol. The summed E-state index contributed by atoms with van der Waals surface area (Å²) < 4.78 is 0. The third kappa shape index (κ3) is 5.38. The van der Waals surface area contributed by atoms with Crippen molar-refractivity contribution in [2.24, 2.45) is 5.92 Å². The molecule has 1 rings (SSSR count). The Bertz CT molecular complexity index is 243. The Morgan fingerprint density at radius 1 is 1.22 bits per heavy atom. The molecule has 0 spiro atoms. The molecule has 1 aliphatic rings. The molecule has 0 aromatic rings. The number of hydrogen-bond acceptors (Lipinski definition) is 2. The first kappa shape index (κ1) is 15.5. The number of nitrogens with zero attached hydrogens (tertiary/aromatic N) is 1. The summed E-state index contributed by atoms with van der Waals surface area (Å²) in [5.74, 6) is 0.240. The highest BCUT2D eigenvalue weighted by Crippen LogP contribution is 2.29. The smallest absolute Gasteiger partial charge is 0.304 e. The van der Waals surface area contributed by atoms with E-state index in [1.54, 1.807) is 0 Å². The van der Waals surface area contributed by atoms with Crippen molar-refractivity contribution in [3.63, 3.8) is 0 Å². The largest absolute Gasteiger partial charge is 0.481 e. The molecule has 0 saturated heterocycles. The second-order valence-corrected chi connectivity index (χ2v) is 5.59. The van der Waals surface area contributed by atoms with Crippen LogP contribution in [0.4, 0.5) is 0 Å². The summed E-state index contributed by atoms with van der Waals surface area (Å²) in [4.78, 5) is 13.1. The number of hydrogen-bond donors (Lipinski definition) is 1. The summed E-state index contributed by atoms with van der Waals surface area (Å²) in [6, 6.07) is 0.621. The quantitative estimate of drug-likeness (QED) is 0.707. The van der Waals surface area contributed by atoms with Gasteiger partial charge in [-0.1, -0.05) is 39.5 Å². The number of carbonyl (C=O) groups is 1. The highest BCUT2D eigenvalue weighted by Gasteiger charge is 2.22. The van der Waals surface area contributed by atoms with Gasteiger partial charge in [-0.2, -0.15) is 0 Å². The van der Waals surface area contributed by atoms with Crippen LogP contribution in [0.2, 0.25) is 0 Å². The summed E-state index contributed by atoms with van der Waals surface area (Å²) in [7, 11) is 0. The minimum absolute atomic E-state index is 0.280. The van der Waals surface area contributed by atoms with Crippen LogP contribution in [0.25, 0.3) is 0 Å². The third-order valence-corrected chi connectivity index (χ3v) is 4.29. The van der Waals surface area contributed by atoms with E-state index in [2.05, 4.69) is 18.7 Å². The zero-order valence-electron chi connectivity index (χ0n) is 12.0. The number of carboxylic acids is 1. The normalized spacial score (nSPS) is 25.1. The number of rotatable bonds is 7. The Hall–Kier alpha value is -0.570. The van der Waals surface area contributed by atoms with Crippen molar-refractivity contribution in [3.05, 3.63) is 0 Å². The fourth-order valence-corrected chi connectivity index (χ4v) is 3.26. The second-order valence-electron chi connectivity index (χ2n) is 5.59. The summed E-state index contributed by atoms with van der Waals surface area (Å²) in [5, 5.41) is 8.80. The average molecular weight is 255 g/mol. The van der Waals surface area contributed by atoms with Gasteiger partial charge in [0.05, 0.1) is 6.42 Å². The number of aliphatic carboxylic acids is 1. The zero-order valence-corrected chi connectivity index (χ0v) is 12.0. The molecule has 3 heteroatoms. The lowest BCUT2D eigenvalue weighted by atomic mass is 9.95. The fraction of sp³-hybridized carbons (Fsp3) is 0.933. The van der Waals surface area contributed by atoms with E-state index >= 15 is 0 Å². The van der Waals surface area contributed by atoms with Gasteiger partial charge in [0.15, 0.2) is 0 Å². The van der Waals surface area contributed by atoms with Gasteiger partial charge in [0.2, 0.25) is 0 Å². The standard InChI is InChI=1S/C15H29NO2/c1-3-6-13-7-5-8-14(10-9-13)16(4-2)12-11-15(17)18/h13-14H,3-12H2,1-2H3,(H,17,18). The molecule has 1 N–H and O–H groups in total. The maximum atomic E-state index is 10.7. The molecular formula is C15H29NO2. The minimum atomic E-state index is -0.675. The Balaban J connectivity index is 2.41. The third-order valence-electron chi connectivity index (χ3n) is 4.29. The summed E-state index contributed by atoms with van der Waals surface area (Å²) in [6.07, 6.45) is 9.50. The van der Waals surface area contributed by atoms with Gasteiger partial charge >= 0.3 is 5.97 Å². The number of carboxylic acid groups (broad SMARTS) is 1. The maximum absolute atomic E-state index is 10.7. The molecule has 1 fully saturated rings. The molecule has 0 amide bonds. The lowest BCUT2D eigenvalue weighted by Gasteiger charge is -2.29. The first-order chi connectivity index (χ1) is 8.67.